The van der Waals surface area contributed by atoms with E-state index in [2.05, 4.69) is 26.0 Å². The lowest BCUT2D eigenvalue weighted by atomic mass is 9.98. The molecular weight excluding hydrogens is 262 g/mol. The third-order valence-corrected chi connectivity index (χ3v) is 3.51. The average molecular weight is 281 g/mol. The van der Waals surface area contributed by atoms with E-state index < -0.39 is 0 Å². The second-order valence-electron chi connectivity index (χ2n) is 5.77. The van der Waals surface area contributed by atoms with Crippen LogP contribution in [0.15, 0.2) is 53.5 Å². The Kier molecular flexibility index (Phi) is 3.42. The summed E-state index contributed by atoms with van der Waals surface area (Å²) in [5.41, 5.74) is 2.93. The Labute approximate surface area is 125 Å². The van der Waals surface area contributed by atoms with E-state index in [4.69, 9.17) is 14.5 Å². The van der Waals surface area contributed by atoms with Gasteiger partial charge in [0.15, 0.2) is 0 Å². The van der Waals surface area contributed by atoms with Crippen molar-refractivity contribution < 1.29 is 9.47 Å². The number of aliphatic imine (C=N–C) groups is 1. The molecule has 3 heteroatoms. The molecule has 2 aromatic rings. The minimum Gasteiger partial charge on any atom is -0.496 e. The van der Waals surface area contributed by atoms with Crippen LogP contribution >= 0.6 is 0 Å². The Hall–Kier alpha value is -2.29. The van der Waals surface area contributed by atoms with Gasteiger partial charge in [0.05, 0.1) is 12.6 Å². The average Bonchev–Trinajstić information content (AvgIpc) is 2.87. The molecule has 0 aromatic heterocycles. The highest BCUT2D eigenvalue weighted by molar-refractivity contribution is 6.03. The SMILES string of the molecule is COc1cccc(C2=NC(C)(C)CO2)c1-c1ccccc1. The van der Waals surface area contributed by atoms with E-state index in [0.29, 0.717) is 12.5 Å². The quantitative estimate of drug-likeness (QED) is 0.853. The van der Waals surface area contributed by atoms with Gasteiger partial charge in [-0.15, -0.1) is 0 Å². The van der Waals surface area contributed by atoms with Crippen LogP contribution in [0.25, 0.3) is 11.1 Å². The summed E-state index contributed by atoms with van der Waals surface area (Å²) < 4.78 is 11.4. The number of methoxy groups -OCH3 is 1. The molecule has 0 bridgehead atoms. The van der Waals surface area contributed by atoms with Gasteiger partial charge >= 0.3 is 0 Å². The molecule has 1 aliphatic rings. The van der Waals surface area contributed by atoms with Crippen LogP contribution in [0.3, 0.4) is 0 Å². The van der Waals surface area contributed by atoms with Gasteiger partial charge in [-0.2, -0.15) is 0 Å². The lowest BCUT2D eigenvalue weighted by molar-refractivity contribution is 0.279. The minimum atomic E-state index is -0.174. The van der Waals surface area contributed by atoms with Crippen LogP contribution < -0.4 is 4.74 Å². The predicted octanol–water partition coefficient (Wildman–Crippen LogP) is 3.92. The first-order chi connectivity index (χ1) is 10.1. The molecule has 1 aliphatic heterocycles. The molecule has 0 N–H and O–H groups in total. The molecule has 1 heterocycles. The Balaban J connectivity index is 2.18. The topological polar surface area (TPSA) is 30.8 Å². The zero-order valence-corrected chi connectivity index (χ0v) is 12.6. The molecule has 0 radical (unpaired) electrons. The van der Waals surface area contributed by atoms with Gasteiger partial charge in [0.2, 0.25) is 5.90 Å². The summed E-state index contributed by atoms with van der Waals surface area (Å²) in [6.45, 7) is 4.75. The molecule has 3 rings (SSSR count). The van der Waals surface area contributed by atoms with Gasteiger partial charge in [0.1, 0.15) is 12.4 Å². The largest absolute Gasteiger partial charge is 0.496 e. The molecule has 0 fully saturated rings. The van der Waals surface area contributed by atoms with Crippen molar-refractivity contribution in [2.45, 2.75) is 19.4 Å². The molecule has 0 saturated carbocycles. The highest BCUT2D eigenvalue weighted by Gasteiger charge is 2.29. The number of rotatable bonds is 3. The Morgan fingerprint density at radius 3 is 2.43 bits per heavy atom. The highest BCUT2D eigenvalue weighted by Crippen LogP contribution is 2.35. The number of hydrogen-bond donors (Lipinski definition) is 0. The van der Waals surface area contributed by atoms with Crippen LogP contribution in [0.5, 0.6) is 5.75 Å². The molecule has 0 spiro atoms. The van der Waals surface area contributed by atoms with Crippen molar-refractivity contribution in [1.29, 1.82) is 0 Å². The maximum atomic E-state index is 5.81. The lowest BCUT2D eigenvalue weighted by Gasteiger charge is -2.13. The summed E-state index contributed by atoms with van der Waals surface area (Å²) in [6, 6.07) is 16.2. The van der Waals surface area contributed by atoms with Crippen LogP contribution in [0.1, 0.15) is 19.4 Å². The number of hydrogen-bond acceptors (Lipinski definition) is 3. The first-order valence-corrected chi connectivity index (χ1v) is 7.06. The molecular formula is C18H19NO2. The fourth-order valence-electron chi connectivity index (χ4n) is 2.50. The van der Waals surface area contributed by atoms with Crippen LogP contribution in [0.4, 0.5) is 0 Å². The predicted molar refractivity (Wildman–Crippen MR) is 85.0 cm³/mol. The maximum absolute atomic E-state index is 5.81. The van der Waals surface area contributed by atoms with Crippen molar-refractivity contribution >= 4 is 5.90 Å². The lowest BCUT2D eigenvalue weighted by Crippen LogP contribution is -2.17. The van der Waals surface area contributed by atoms with E-state index in [0.717, 1.165) is 22.4 Å². The van der Waals surface area contributed by atoms with Gasteiger partial charge in [0, 0.05) is 11.1 Å². The van der Waals surface area contributed by atoms with Gasteiger partial charge in [-0.25, -0.2) is 4.99 Å². The third-order valence-electron chi connectivity index (χ3n) is 3.51. The first-order valence-electron chi connectivity index (χ1n) is 7.06. The van der Waals surface area contributed by atoms with Crippen molar-refractivity contribution in [2.24, 2.45) is 4.99 Å². The molecule has 2 aromatic carbocycles. The van der Waals surface area contributed by atoms with Gasteiger partial charge in [-0.05, 0) is 31.5 Å². The van der Waals surface area contributed by atoms with E-state index in [1.807, 2.05) is 36.4 Å². The standard InChI is InChI=1S/C18H19NO2/c1-18(2)12-21-17(19-18)14-10-7-11-15(20-3)16(14)13-8-5-4-6-9-13/h4-11H,12H2,1-3H3. The van der Waals surface area contributed by atoms with E-state index in [1.165, 1.54) is 0 Å². The monoisotopic (exact) mass is 281 g/mol. The summed E-state index contributed by atoms with van der Waals surface area (Å²) in [4.78, 5) is 4.69. The van der Waals surface area contributed by atoms with E-state index in [1.54, 1.807) is 7.11 Å². The Morgan fingerprint density at radius 2 is 1.81 bits per heavy atom. The van der Waals surface area contributed by atoms with Crippen molar-refractivity contribution in [2.75, 3.05) is 13.7 Å². The zero-order valence-electron chi connectivity index (χ0n) is 12.6. The van der Waals surface area contributed by atoms with E-state index in [-0.39, 0.29) is 5.54 Å². The van der Waals surface area contributed by atoms with Crippen LogP contribution in [0, 0.1) is 0 Å². The zero-order chi connectivity index (χ0) is 14.9. The first kappa shape index (κ1) is 13.7. The molecule has 108 valence electrons. The summed E-state index contributed by atoms with van der Waals surface area (Å²) in [7, 11) is 1.69. The summed E-state index contributed by atoms with van der Waals surface area (Å²) in [6.07, 6.45) is 0. The number of benzene rings is 2. The van der Waals surface area contributed by atoms with Gasteiger partial charge < -0.3 is 9.47 Å². The van der Waals surface area contributed by atoms with Crippen molar-refractivity contribution in [3.05, 3.63) is 54.1 Å². The number of ether oxygens (including phenoxy) is 2. The normalized spacial score (nSPS) is 16.2. The van der Waals surface area contributed by atoms with Crippen LogP contribution in [-0.4, -0.2) is 25.2 Å². The fourth-order valence-corrected chi connectivity index (χ4v) is 2.50. The third kappa shape index (κ3) is 2.64. The van der Waals surface area contributed by atoms with Gasteiger partial charge in [-0.3, -0.25) is 0 Å². The molecule has 0 saturated heterocycles. The summed E-state index contributed by atoms with van der Waals surface area (Å²) in [5.74, 6) is 1.52. The molecule has 21 heavy (non-hydrogen) atoms. The summed E-state index contributed by atoms with van der Waals surface area (Å²) >= 11 is 0. The molecule has 0 amide bonds. The van der Waals surface area contributed by atoms with Crippen molar-refractivity contribution in [1.82, 2.24) is 0 Å². The number of nitrogens with zero attached hydrogens (tertiary/aromatic N) is 1. The minimum absolute atomic E-state index is 0.174. The van der Waals surface area contributed by atoms with Gasteiger partial charge in [-0.1, -0.05) is 36.4 Å². The van der Waals surface area contributed by atoms with E-state index >= 15 is 0 Å². The van der Waals surface area contributed by atoms with Crippen LogP contribution in [-0.2, 0) is 4.74 Å². The van der Waals surface area contributed by atoms with Crippen molar-refractivity contribution in [3.8, 4) is 16.9 Å². The Morgan fingerprint density at radius 1 is 1.05 bits per heavy atom. The van der Waals surface area contributed by atoms with E-state index in [9.17, 15) is 0 Å². The fraction of sp³-hybridized carbons (Fsp3) is 0.278. The Bertz CT molecular complexity index is 675. The molecule has 3 nitrogen and oxygen atoms in total. The van der Waals surface area contributed by atoms with Crippen molar-refractivity contribution in [3.63, 3.8) is 0 Å². The van der Waals surface area contributed by atoms with Crippen LogP contribution in [0.2, 0.25) is 0 Å². The highest BCUT2D eigenvalue weighted by atomic mass is 16.5. The second kappa shape index (κ2) is 5.24. The van der Waals surface area contributed by atoms with Gasteiger partial charge in [0.25, 0.3) is 0 Å². The maximum Gasteiger partial charge on any atom is 0.217 e. The smallest absolute Gasteiger partial charge is 0.217 e. The second-order valence-corrected chi connectivity index (χ2v) is 5.77. The molecule has 0 atom stereocenters. The summed E-state index contributed by atoms with van der Waals surface area (Å²) in [5, 5.41) is 0. The molecule has 0 aliphatic carbocycles. The molecule has 0 unspecified atom stereocenters.